The van der Waals surface area contributed by atoms with Gasteiger partial charge in [-0.2, -0.15) is 9.97 Å². The number of fused-ring (bicyclic) bond motifs is 3. The average molecular weight is 454 g/mol. The van der Waals surface area contributed by atoms with E-state index in [-0.39, 0.29) is 35.7 Å². The summed E-state index contributed by atoms with van der Waals surface area (Å²) in [6, 6.07) is -0.102. The maximum atomic E-state index is 15.0. The lowest BCUT2D eigenvalue weighted by atomic mass is 9.95. The van der Waals surface area contributed by atoms with E-state index in [9.17, 15) is 8.78 Å². The van der Waals surface area contributed by atoms with Crippen LogP contribution in [-0.4, -0.2) is 77.0 Å². The first-order chi connectivity index (χ1) is 15.8. The number of nitrogens with zero attached hydrogens (tertiary/aromatic N) is 5. The number of hydrogen-bond donors (Lipinski definition) is 0. The van der Waals surface area contributed by atoms with Gasteiger partial charge in [-0.25, -0.2) is 13.8 Å². The van der Waals surface area contributed by atoms with E-state index in [1.807, 2.05) is 9.80 Å². The van der Waals surface area contributed by atoms with Crippen LogP contribution in [0.25, 0.3) is 10.9 Å². The summed E-state index contributed by atoms with van der Waals surface area (Å²) in [5, 5.41) is 0.0453. The molecule has 3 saturated heterocycles. The van der Waals surface area contributed by atoms with E-state index in [0.717, 1.165) is 12.8 Å². The zero-order valence-corrected chi connectivity index (χ0v) is 17.6. The first kappa shape index (κ1) is 17.7. The largest absolute Gasteiger partial charge is 0.461 e. The third-order valence-corrected chi connectivity index (χ3v) is 7.16. The molecule has 10 heteroatoms. The first-order valence-electron chi connectivity index (χ1n) is 11.7. The molecule has 0 unspecified atom stereocenters. The molecule has 4 atom stereocenters. The van der Waals surface area contributed by atoms with Crippen molar-refractivity contribution in [1.29, 1.82) is 0 Å². The number of halogens is 3. The van der Waals surface area contributed by atoms with E-state index in [4.69, 9.17) is 23.8 Å². The summed E-state index contributed by atoms with van der Waals surface area (Å²) >= 11 is 5.92. The molecule has 0 aromatic carbocycles. The van der Waals surface area contributed by atoms with Gasteiger partial charge in [0.15, 0.2) is 11.0 Å². The zero-order chi connectivity index (χ0) is 23.0. The average Bonchev–Trinajstić information content (AvgIpc) is 3.34. The van der Waals surface area contributed by atoms with Crippen molar-refractivity contribution >= 4 is 28.3 Å². The van der Waals surface area contributed by atoms with Crippen LogP contribution in [0.2, 0.25) is 5.15 Å². The fourth-order valence-corrected chi connectivity index (χ4v) is 5.42. The van der Waals surface area contributed by atoms with Crippen LogP contribution >= 0.6 is 11.6 Å². The van der Waals surface area contributed by atoms with E-state index < -0.39 is 24.1 Å². The fraction of sp³-hybridized carbons (Fsp3) is 0.667. The number of hydrogen-bond acceptors (Lipinski definition) is 7. The molecule has 7 nitrogen and oxygen atoms in total. The number of pyridine rings is 1. The lowest BCUT2D eigenvalue weighted by molar-refractivity contribution is 0.107. The van der Waals surface area contributed by atoms with Crippen molar-refractivity contribution in [3.05, 3.63) is 17.2 Å². The number of anilines is 1. The quantitative estimate of drug-likeness (QED) is 0.659. The minimum atomic E-state index is -2.27. The van der Waals surface area contributed by atoms with Crippen LogP contribution in [0.5, 0.6) is 6.01 Å². The minimum absolute atomic E-state index is 0.0394. The molecule has 0 bridgehead atoms. The van der Waals surface area contributed by atoms with Crippen LogP contribution in [0, 0.1) is 11.7 Å². The molecule has 166 valence electrons. The highest BCUT2D eigenvalue weighted by atomic mass is 35.5. The Morgan fingerprint density at radius 3 is 3.19 bits per heavy atom. The smallest absolute Gasteiger partial charge is 0.319 e. The maximum Gasteiger partial charge on any atom is 0.319 e. The summed E-state index contributed by atoms with van der Waals surface area (Å²) in [6.45, 7) is 0.225. The van der Waals surface area contributed by atoms with Crippen molar-refractivity contribution in [2.75, 3.05) is 44.3 Å². The number of ether oxygens (including phenoxy) is 2. The Bertz CT molecular complexity index is 1110. The number of rotatable bonds is 4. The summed E-state index contributed by atoms with van der Waals surface area (Å²) in [7, 11) is 0. The molecule has 4 aliphatic rings. The predicted octanol–water partition coefficient (Wildman–Crippen LogP) is 3.00. The van der Waals surface area contributed by atoms with Crippen molar-refractivity contribution in [2.45, 2.75) is 43.4 Å². The van der Waals surface area contributed by atoms with Gasteiger partial charge in [-0.1, -0.05) is 11.6 Å². The van der Waals surface area contributed by atoms with Gasteiger partial charge in [-0.15, -0.1) is 0 Å². The lowest BCUT2D eigenvalue weighted by Gasteiger charge is -2.31. The summed E-state index contributed by atoms with van der Waals surface area (Å²) in [4.78, 5) is 16.5. The highest BCUT2D eigenvalue weighted by Crippen LogP contribution is 2.43. The number of alkyl halides is 1. The summed E-state index contributed by atoms with van der Waals surface area (Å²) in [6.07, 6.45) is 2.51. The molecule has 1 aliphatic carbocycles. The lowest BCUT2D eigenvalue weighted by Crippen LogP contribution is -2.43. The molecule has 1 saturated carbocycles. The van der Waals surface area contributed by atoms with Crippen LogP contribution in [0.4, 0.5) is 14.6 Å². The maximum absolute atomic E-state index is 15.0. The van der Waals surface area contributed by atoms with Gasteiger partial charge in [0.2, 0.25) is 0 Å². The van der Waals surface area contributed by atoms with Gasteiger partial charge in [-0.05, 0) is 25.8 Å². The summed E-state index contributed by atoms with van der Waals surface area (Å²) in [5.74, 6) is -0.0289. The van der Waals surface area contributed by atoms with Crippen LogP contribution in [0.1, 0.15) is 28.4 Å². The molecule has 5 heterocycles. The van der Waals surface area contributed by atoms with Gasteiger partial charge in [-0.3, -0.25) is 4.90 Å². The Morgan fingerprint density at radius 1 is 1.39 bits per heavy atom. The molecular formula is C21H24ClF2N5O2. The molecule has 0 radical (unpaired) electrons. The van der Waals surface area contributed by atoms with Crippen molar-refractivity contribution in [1.82, 2.24) is 19.9 Å². The van der Waals surface area contributed by atoms with E-state index in [1.165, 1.54) is 6.20 Å². The van der Waals surface area contributed by atoms with Gasteiger partial charge >= 0.3 is 6.01 Å². The van der Waals surface area contributed by atoms with Crippen molar-refractivity contribution < 1.29 is 21.0 Å². The second kappa shape index (κ2) is 7.35. The van der Waals surface area contributed by atoms with Gasteiger partial charge < -0.3 is 14.4 Å². The Labute approximate surface area is 186 Å². The zero-order valence-electron chi connectivity index (χ0n) is 18.9. The van der Waals surface area contributed by atoms with E-state index >= 15 is 0 Å². The molecule has 0 N–H and O–H groups in total. The molecule has 2 aromatic heterocycles. The highest BCUT2D eigenvalue weighted by Gasteiger charge is 2.49. The Kier molecular flexibility index (Phi) is 4.19. The van der Waals surface area contributed by atoms with Crippen LogP contribution in [-0.2, 0) is 4.74 Å². The third-order valence-electron chi connectivity index (χ3n) is 6.90. The molecule has 0 amide bonds. The van der Waals surface area contributed by atoms with Crippen molar-refractivity contribution in [2.24, 2.45) is 5.92 Å². The van der Waals surface area contributed by atoms with E-state index in [1.54, 1.807) is 0 Å². The van der Waals surface area contributed by atoms with Gasteiger partial charge in [0.1, 0.15) is 24.1 Å². The van der Waals surface area contributed by atoms with Crippen molar-refractivity contribution in [3.63, 3.8) is 0 Å². The molecule has 4 fully saturated rings. The van der Waals surface area contributed by atoms with Gasteiger partial charge in [0.25, 0.3) is 0 Å². The summed E-state index contributed by atoms with van der Waals surface area (Å²) < 4.78 is 58.2. The Balaban J connectivity index is 1.43. The van der Waals surface area contributed by atoms with Crippen LogP contribution < -0.4 is 9.64 Å². The molecule has 31 heavy (non-hydrogen) atoms. The summed E-state index contributed by atoms with van der Waals surface area (Å²) in [5.41, 5.74) is -1.18. The predicted molar refractivity (Wildman–Crippen MR) is 111 cm³/mol. The van der Waals surface area contributed by atoms with Gasteiger partial charge in [0, 0.05) is 37.7 Å². The molecule has 3 aliphatic heterocycles. The second-order valence-corrected chi connectivity index (χ2v) is 9.23. The topological polar surface area (TPSA) is 63.6 Å². The highest BCUT2D eigenvalue weighted by molar-refractivity contribution is 6.30. The fourth-order valence-electron chi connectivity index (χ4n) is 5.28. The van der Waals surface area contributed by atoms with E-state index in [0.29, 0.717) is 49.8 Å². The molecule has 2 aromatic rings. The Hall–Kier alpha value is -1.84. The minimum Gasteiger partial charge on any atom is -0.461 e. The SMILES string of the molecule is [2H]C([2H])(Oc1nc(N2CCOC[C@@H]3C[C@@H]32)c2cnc(Cl)c(F)c2n1)[C@@]12CCCN1C[C@H](F)C2. The normalized spacial score (nSPS) is 34.2. The molecule has 6 rings (SSSR count). The molecular weight excluding hydrogens is 428 g/mol. The number of aromatic nitrogens is 3. The standard InChI is InChI=1S/C21H24ClF2N5O2/c22-18-16(24)17-14(8-25-18)19(29-4-5-30-10-12-6-15(12)29)27-20(26-17)31-11-21-2-1-3-28(21)9-13(23)7-21/h8,12-13,15H,1-7,9-11H2/t12-,13+,15-,21-/m0/s1/i11D2. The third kappa shape index (κ3) is 3.32. The monoisotopic (exact) mass is 453 g/mol. The molecule has 0 spiro atoms. The van der Waals surface area contributed by atoms with Crippen molar-refractivity contribution in [3.8, 4) is 6.01 Å². The van der Waals surface area contributed by atoms with Gasteiger partial charge in [0.05, 0.1) is 26.9 Å². The Morgan fingerprint density at radius 2 is 2.29 bits per heavy atom. The van der Waals surface area contributed by atoms with Crippen LogP contribution in [0.15, 0.2) is 6.20 Å². The first-order valence-corrected chi connectivity index (χ1v) is 11.1. The van der Waals surface area contributed by atoms with E-state index in [2.05, 4.69) is 15.0 Å². The van der Waals surface area contributed by atoms with Crippen LogP contribution in [0.3, 0.4) is 0 Å². The second-order valence-electron chi connectivity index (χ2n) is 8.87.